The molecular formula is C21H16O5. The van der Waals surface area contributed by atoms with Gasteiger partial charge in [-0.05, 0) is 60.7 Å². The molecule has 5 nitrogen and oxygen atoms in total. The molecular weight excluding hydrogens is 332 g/mol. The molecule has 0 amide bonds. The molecule has 0 aliphatic rings. The Balaban J connectivity index is 1.63. The van der Waals surface area contributed by atoms with Crippen LogP contribution >= 0.6 is 0 Å². The predicted octanol–water partition coefficient (Wildman–Crippen LogP) is 4.13. The summed E-state index contributed by atoms with van der Waals surface area (Å²) in [4.78, 5) is 24.2. The highest BCUT2D eigenvalue weighted by atomic mass is 16.5. The third kappa shape index (κ3) is 4.27. The Morgan fingerprint density at radius 2 is 1.00 bits per heavy atom. The van der Waals surface area contributed by atoms with Crippen molar-refractivity contribution in [3.05, 3.63) is 90.0 Å². The summed E-state index contributed by atoms with van der Waals surface area (Å²) >= 11 is 0. The van der Waals surface area contributed by atoms with Gasteiger partial charge in [-0.3, -0.25) is 0 Å². The topological polar surface area (TPSA) is 61.8 Å². The molecule has 0 aliphatic heterocycles. The van der Waals surface area contributed by atoms with E-state index >= 15 is 0 Å². The van der Waals surface area contributed by atoms with Gasteiger partial charge in [0.15, 0.2) is 0 Å². The fourth-order valence-electron chi connectivity index (χ4n) is 2.21. The maximum Gasteiger partial charge on any atom is 0.343 e. The summed E-state index contributed by atoms with van der Waals surface area (Å²) in [6.45, 7) is 0. The van der Waals surface area contributed by atoms with Crippen LogP contribution in [-0.4, -0.2) is 19.0 Å². The SMILES string of the molecule is COc1ccc(OC(=O)c2ccc(OC(=O)c3ccccc3)cc2)cc1. The molecule has 3 rings (SSSR count). The molecule has 0 radical (unpaired) electrons. The van der Waals surface area contributed by atoms with Crippen molar-refractivity contribution in [2.45, 2.75) is 0 Å². The van der Waals surface area contributed by atoms with Crippen molar-refractivity contribution in [3.63, 3.8) is 0 Å². The van der Waals surface area contributed by atoms with E-state index in [2.05, 4.69) is 0 Å². The second-order valence-electron chi connectivity index (χ2n) is 5.34. The van der Waals surface area contributed by atoms with Gasteiger partial charge in [-0.2, -0.15) is 0 Å². The fraction of sp³-hybridized carbons (Fsp3) is 0.0476. The van der Waals surface area contributed by atoms with Crippen molar-refractivity contribution >= 4 is 11.9 Å². The van der Waals surface area contributed by atoms with E-state index in [-0.39, 0.29) is 0 Å². The molecule has 0 bridgehead atoms. The molecule has 130 valence electrons. The van der Waals surface area contributed by atoms with Crippen LogP contribution in [0.2, 0.25) is 0 Å². The zero-order valence-electron chi connectivity index (χ0n) is 14.0. The summed E-state index contributed by atoms with van der Waals surface area (Å²) in [6, 6.07) is 21.5. The van der Waals surface area contributed by atoms with Gasteiger partial charge in [0.05, 0.1) is 18.2 Å². The fourth-order valence-corrected chi connectivity index (χ4v) is 2.21. The van der Waals surface area contributed by atoms with E-state index < -0.39 is 11.9 Å². The molecule has 0 heterocycles. The summed E-state index contributed by atoms with van der Waals surface area (Å²) in [5, 5.41) is 0. The number of carbonyl (C=O) groups is 2. The summed E-state index contributed by atoms with van der Waals surface area (Å²) < 4.78 is 15.6. The lowest BCUT2D eigenvalue weighted by molar-refractivity contribution is 0.0730. The first-order valence-corrected chi connectivity index (χ1v) is 7.89. The summed E-state index contributed by atoms with van der Waals surface area (Å²) in [5.74, 6) is 0.472. The molecule has 0 aliphatic carbocycles. The Labute approximate surface area is 150 Å². The number of hydrogen-bond acceptors (Lipinski definition) is 5. The number of carbonyl (C=O) groups excluding carboxylic acids is 2. The number of hydrogen-bond donors (Lipinski definition) is 0. The second kappa shape index (κ2) is 7.98. The highest BCUT2D eigenvalue weighted by Gasteiger charge is 2.11. The number of esters is 2. The van der Waals surface area contributed by atoms with Gasteiger partial charge in [0, 0.05) is 0 Å². The van der Waals surface area contributed by atoms with Crippen molar-refractivity contribution in [1.82, 2.24) is 0 Å². The average molecular weight is 348 g/mol. The number of methoxy groups -OCH3 is 1. The lowest BCUT2D eigenvalue weighted by Gasteiger charge is -2.07. The average Bonchev–Trinajstić information content (AvgIpc) is 2.69. The van der Waals surface area contributed by atoms with Crippen LogP contribution in [0.1, 0.15) is 20.7 Å². The minimum absolute atomic E-state index is 0.347. The standard InChI is InChI=1S/C21H16O5/c1-24-17-11-13-19(14-12-17)26-21(23)16-7-9-18(10-8-16)25-20(22)15-5-3-2-4-6-15/h2-14H,1H3. The molecule has 0 saturated heterocycles. The summed E-state index contributed by atoms with van der Waals surface area (Å²) in [7, 11) is 1.56. The third-order valence-corrected chi connectivity index (χ3v) is 3.58. The lowest BCUT2D eigenvalue weighted by atomic mass is 10.2. The van der Waals surface area contributed by atoms with Crippen LogP contribution in [0.25, 0.3) is 0 Å². The van der Waals surface area contributed by atoms with E-state index in [1.54, 1.807) is 79.9 Å². The highest BCUT2D eigenvalue weighted by molar-refractivity contribution is 5.92. The van der Waals surface area contributed by atoms with Crippen LogP contribution in [-0.2, 0) is 0 Å². The van der Waals surface area contributed by atoms with Crippen LogP contribution in [0.3, 0.4) is 0 Å². The van der Waals surface area contributed by atoms with E-state index in [4.69, 9.17) is 14.2 Å². The molecule has 3 aromatic rings. The van der Waals surface area contributed by atoms with Crippen LogP contribution in [0.15, 0.2) is 78.9 Å². The van der Waals surface area contributed by atoms with Crippen LogP contribution < -0.4 is 14.2 Å². The Kier molecular flexibility index (Phi) is 5.29. The number of rotatable bonds is 5. The Morgan fingerprint density at radius 3 is 1.50 bits per heavy atom. The van der Waals surface area contributed by atoms with Crippen molar-refractivity contribution in [2.75, 3.05) is 7.11 Å². The van der Waals surface area contributed by atoms with Gasteiger partial charge >= 0.3 is 11.9 Å². The molecule has 0 saturated carbocycles. The maximum absolute atomic E-state index is 12.2. The third-order valence-electron chi connectivity index (χ3n) is 3.58. The zero-order valence-corrected chi connectivity index (χ0v) is 14.0. The highest BCUT2D eigenvalue weighted by Crippen LogP contribution is 2.19. The normalized spacial score (nSPS) is 10.0. The van der Waals surface area contributed by atoms with Gasteiger partial charge in [0.2, 0.25) is 0 Å². The van der Waals surface area contributed by atoms with Gasteiger partial charge in [0.1, 0.15) is 17.2 Å². The summed E-state index contributed by atoms with van der Waals surface area (Å²) in [6.07, 6.45) is 0. The van der Waals surface area contributed by atoms with E-state index in [1.165, 1.54) is 0 Å². The maximum atomic E-state index is 12.2. The quantitative estimate of drug-likeness (QED) is 0.512. The van der Waals surface area contributed by atoms with E-state index in [9.17, 15) is 9.59 Å². The monoisotopic (exact) mass is 348 g/mol. The first-order chi connectivity index (χ1) is 12.7. The van der Waals surface area contributed by atoms with E-state index in [0.717, 1.165) is 0 Å². The second-order valence-corrected chi connectivity index (χ2v) is 5.34. The first-order valence-electron chi connectivity index (χ1n) is 7.89. The van der Waals surface area contributed by atoms with E-state index in [1.807, 2.05) is 6.07 Å². The summed E-state index contributed by atoms with van der Waals surface area (Å²) in [5.41, 5.74) is 0.802. The zero-order chi connectivity index (χ0) is 18.4. The van der Waals surface area contributed by atoms with Gasteiger partial charge in [-0.1, -0.05) is 18.2 Å². The van der Waals surface area contributed by atoms with Crippen molar-refractivity contribution in [1.29, 1.82) is 0 Å². The molecule has 3 aromatic carbocycles. The van der Waals surface area contributed by atoms with Crippen LogP contribution in [0.5, 0.6) is 17.2 Å². The molecule has 0 atom stereocenters. The molecule has 0 spiro atoms. The lowest BCUT2D eigenvalue weighted by Crippen LogP contribution is -2.10. The van der Waals surface area contributed by atoms with Crippen LogP contribution in [0.4, 0.5) is 0 Å². The minimum atomic E-state index is -0.504. The Bertz CT molecular complexity index is 884. The first kappa shape index (κ1) is 17.2. The Morgan fingerprint density at radius 1 is 0.577 bits per heavy atom. The minimum Gasteiger partial charge on any atom is -0.497 e. The van der Waals surface area contributed by atoms with Crippen molar-refractivity contribution in [3.8, 4) is 17.2 Å². The molecule has 5 heteroatoms. The molecule has 26 heavy (non-hydrogen) atoms. The van der Waals surface area contributed by atoms with Gasteiger partial charge in [0.25, 0.3) is 0 Å². The van der Waals surface area contributed by atoms with Gasteiger partial charge in [-0.25, -0.2) is 9.59 Å². The number of ether oxygens (including phenoxy) is 3. The van der Waals surface area contributed by atoms with Crippen LogP contribution in [0, 0.1) is 0 Å². The van der Waals surface area contributed by atoms with Crippen molar-refractivity contribution < 1.29 is 23.8 Å². The predicted molar refractivity (Wildman–Crippen MR) is 95.8 cm³/mol. The Hall–Kier alpha value is -3.60. The molecule has 0 aromatic heterocycles. The van der Waals surface area contributed by atoms with E-state index in [0.29, 0.717) is 28.4 Å². The molecule has 0 N–H and O–H groups in total. The van der Waals surface area contributed by atoms with Gasteiger partial charge < -0.3 is 14.2 Å². The molecule has 0 unspecified atom stereocenters. The largest absolute Gasteiger partial charge is 0.497 e. The number of benzene rings is 3. The smallest absolute Gasteiger partial charge is 0.343 e. The van der Waals surface area contributed by atoms with Gasteiger partial charge in [-0.15, -0.1) is 0 Å². The van der Waals surface area contributed by atoms with Crippen molar-refractivity contribution in [2.24, 2.45) is 0 Å². The molecule has 0 fully saturated rings.